The second-order valence-electron chi connectivity index (χ2n) is 7.45. The van der Waals surface area contributed by atoms with Crippen LogP contribution in [0.2, 0.25) is 0 Å². The molecule has 0 saturated carbocycles. The minimum absolute atomic E-state index is 0.187. The van der Waals surface area contributed by atoms with Gasteiger partial charge in [0.25, 0.3) is 15.9 Å². The Labute approximate surface area is 183 Å². The molecule has 0 unspecified atom stereocenters. The quantitative estimate of drug-likeness (QED) is 0.549. The summed E-state index contributed by atoms with van der Waals surface area (Å²) in [5.41, 5.74) is 2.50. The van der Waals surface area contributed by atoms with Crippen molar-refractivity contribution in [3.8, 4) is 5.75 Å². The largest absolute Gasteiger partial charge is 0.491 e. The number of anilines is 1. The van der Waals surface area contributed by atoms with E-state index in [1.54, 1.807) is 49.4 Å². The molecule has 0 bridgehead atoms. The van der Waals surface area contributed by atoms with Gasteiger partial charge in [-0.25, -0.2) is 8.42 Å². The maximum atomic E-state index is 12.6. The molecule has 0 aliphatic heterocycles. The summed E-state index contributed by atoms with van der Waals surface area (Å²) < 4.78 is 33.5. The molecule has 0 heterocycles. The zero-order valence-corrected chi connectivity index (χ0v) is 18.6. The van der Waals surface area contributed by atoms with E-state index in [0.29, 0.717) is 23.4 Å². The number of sulfonamides is 1. The third-order valence-electron chi connectivity index (χ3n) is 4.68. The second-order valence-corrected chi connectivity index (χ2v) is 9.13. The number of benzene rings is 3. The van der Waals surface area contributed by atoms with Crippen LogP contribution in [0, 0.1) is 13.8 Å². The van der Waals surface area contributed by atoms with Crippen LogP contribution in [-0.2, 0) is 10.0 Å². The first-order valence-electron chi connectivity index (χ1n) is 9.93. The number of carbonyl (C=O) groups excluding carboxylic acids is 1. The first-order chi connectivity index (χ1) is 14.7. The predicted molar refractivity (Wildman–Crippen MR) is 122 cm³/mol. The van der Waals surface area contributed by atoms with Crippen LogP contribution in [0.5, 0.6) is 5.75 Å². The van der Waals surface area contributed by atoms with Crippen LogP contribution in [0.3, 0.4) is 0 Å². The van der Waals surface area contributed by atoms with Crippen LogP contribution >= 0.6 is 0 Å². The monoisotopic (exact) mass is 438 g/mol. The van der Waals surface area contributed by atoms with Crippen molar-refractivity contribution in [3.63, 3.8) is 0 Å². The average molecular weight is 439 g/mol. The molecule has 0 saturated heterocycles. The van der Waals surface area contributed by atoms with E-state index in [1.165, 1.54) is 0 Å². The summed E-state index contributed by atoms with van der Waals surface area (Å²) in [7, 11) is -3.71. The Balaban J connectivity index is 1.63. The number of carbonyl (C=O) groups is 1. The van der Waals surface area contributed by atoms with Gasteiger partial charge >= 0.3 is 0 Å². The topological polar surface area (TPSA) is 84.5 Å². The third-order valence-corrected chi connectivity index (χ3v) is 6.07. The van der Waals surface area contributed by atoms with Crippen LogP contribution in [-0.4, -0.2) is 27.0 Å². The van der Waals surface area contributed by atoms with Gasteiger partial charge in [0.05, 0.1) is 16.6 Å². The fourth-order valence-electron chi connectivity index (χ4n) is 2.93. The van der Waals surface area contributed by atoms with E-state index < -0.39 is 10.0 Å². The zero-order chi connectivity index (χ0) is 22.4. The summed E-state index contributed by atoms with van der Waals surface area (Å²) in [6, 6.07) is 20.7. The van der Waals surface area contributed by atoms with Gasteiger partial charge in [-0.2, -0.15) is 0 Å². The molecule has 0 aliphatic carbocycles. The van der Waals surface area contributed by atoms with E-state index in [-0.39, 0.29) is 16.8 Å². The van der Waals surface area contributed by atoms with E-state index in [2.05, 4.69) is 10.0 Å². The molecule has 1 amide bonds. The number of amides is 1. The van der Waals surface area contributed by atoms with Gasteiger partial charge in [-0.1, -0.05) is 35.9 Å². The Bertz CT molecular complexity index is 1140. The molecule has 0 aliphatic rings. The highest BCUT2D eigenvalue weighted by Crippen LogP contribution is 2.21. The van der Waals surface area contributed by atoms with Gasteiger partial charge in [0.1, 0.15) is 12.4 Å². The highest BCUT2D eigenvalue weighted by Gasteiger charge is 2.17. The average Bonchev–Trinajstić information content (AvgIpc) is 2.74. The maximum Gasteiger partial charge on any atom is 0.261 e. The molecule has 0 spiro atoms. The smallest absolute Gasteiger partial charge is 0.261 e. The van der Waals surface area contributed by atoms with Gasteiger partial charge < -0.3 is 10.1 Å². The number of aryl methyl sites for hydroxylation is 2. The lowest BCUT2D eigenvalue weighted by molar-refractivity contribution is 0.0926. The van der Waals surface area contributed by atoms with Crippen LogP contribution in [0.4, 0.5) is 5.69 Å². The van der Waals surface area contributed by atoms with E-state index in [9.17, 15) is 13.2 Å². The zero-order valence-electron chi connectivity index (χ0n) is 17.8. The molecular formula is C24H26N2O4S. The summed E-state index contributed by atoms with van der Waals surface area (Å²) >= 11 is 0. The molecule has 1 atom stereocenters. The number of rotatable bonds is 8. The maximum absolute atomic E-state index is 12.6. The molecule has 6 nitrogen and oxygen atoms in total. The number of ether oxygens (including phenoxy) is 1. The van der Waals surface area contributed by atoms with Gasteiger partial charge in [-0.3, -0.25) is 9.52 Å². The Kier molecular flexibility index (Phi) is 6.97. The lowest BCUT2D eigenvalue weighted by Crippen LogP contribution is -2.36. The minimum Gasteiger partial charge on any atom is -0.491 e. The van der Waals surface area contributed by atoms with E-state index in [4.69, 9.17) is 4.74 Å². The predicted octanol–water partition coefficient (Wildman–Crippen LogP) is 4.30. The lowest BCUT2D eigenvalue weighted by atomic mass is 10.1. The first kappa shape index (κ1) is 22.4. The van der Waals surface area contributed by atoms with E-state index in [0.717, 1.165) is 11.3 Å². The fraction of sp³-hybridized carbons (Fsp3) is 0.208. The molecule has 7 heteroatoms. The number of para-hydroxylation sites is 1. The minimum atomic E-state index is -3.71. The Morgan fingerprint density at radius 3 is 2.29 bits per heavy atom. The summed E-state index contributed by atoms with van der Waals surface area (Å²) in [6.07, 6.45) is 0. The fourth-order valence-corrected chi connectivity index (χ4v) is 4.06. The van der Waals surface area contributed by atoms with Crippen molar-refractivity contribution in [1.82, 2.24) is 5.32 Å². The van der Waals surface area contributed by atoms with Crippen LogP contribution < -0.4 is 14.8 Å². The molecule has 0 radical (unpaired) electrons. The molecule has 3 rings (SSSR count). The lowest BCUT2D eigenvalue weighted by Gasteiger charge is -2.16. The molecule has 0 aromatic heterocycles. The van der Waals surface area contributed by atoms with Crippen molar-refractivity contribution >= 4 is 21.6 Å². The first-order valence-corrected chi connectivity index (χ1v) is 11.4. The highest BCUT2D eigenvalue weighted by molar-refractivity contribution is 7.92. The van der Waals surface area contributed by atoms with Gasteiger partial charge in [-0.05, 0) is 68.8 Å². The van der Waals surface area contributed by atoms with Crippen molar-refractivity contribution in [2.45, 2.75) is 31.7 Å². The van der Waals surface area contributed by atoms with Crippen molar-refractivity contribution < 1.29 is 17.9 Å². The summed E-state index contributed by atoms with van der Waals surface area (Å²) in [5, 5.41) is 2.89. The highest BCUT2D eigenvalue weighted by atomic mass is 32.2. The number of hydrogen-bond donors (Lipinski definition) is 2. The number of hydrogen-bond acceptors (Lipinski definition) is 4. The van der Waals surface area contributed by atoms with Crippen LogP contribution in [0.15, 0.2) is 77.7 Å². The molecule has 3 aromatic carbocycles. The second kappa shape index (κ2) is 9.66. The summed E-state index contributed by atoms with van der Waals surface area (Å²) in [4.78, 5) is 12.7. The molecular weight excluding hydrogens is 412 g/mol. The van der Waals surface area contributed by atoms with Gasteiger partial charge in [0, 0.05) is 5.56 Å². The SMILES string of the molecule is Cc1ccc(S(=O)(=O)Nc2ccc(C(=O)N[C@@H](C)COc3ccccc3)cc2C)cc1. The summed E-state index contributed by atoms with van der Waals surface area (Å²) in [5.74, 6) is 0.491. The standard InChI is InChI=1S/C24H26N2O4S/c1-17-9-12-22(13-10-17)31(28,29)26-23-14-11-20(15-18(23)2)24(27)25-19(3)16-30-21-7-5-4-6-8-21/h4-15,19,26H,16H2,1-3H3,(H,25,27)/t19-/m0/s1. The Morgan fingerprint density at radius 1 is 0.968 bits per heavy atom. The van der Waals surface area contributed by atoms with Gasteiger partial charge in [-0.15, -0.1) is 0 Å². The molecule has 162 valence electrons. The molecule has 3 aromatic rings. The van der Waals surface area contributed by atoms with Crippen LogP contribution in [0.1, 0.15) is 28.4 Å². The number of nitrogens with one attached hydrogen (secondary N) is 2. The van der Waals surface area contributed by atoms with E-state index in [1.807, 2.05) is 44.2 Å². The third kappa shape index (κ3) is 6.08. The van der Waals surface area contributed by atoms with E-state index >= 15 is 0 Å². The van der Waals surface area contributed by atoms with Crippen molar-refractivity contribution in [2.75, 3.05) is 11.3 Å². The molecule has 31 heavy (non-hydrogen) atoms. The van der Waals surface area contributed by atoms with Gasteiger partial charge in [0.2, 0.25) is 0 Å². The van der Waals surface area contributed by atoms with Crippen molar-refractivity contribution in [2.24, 2.45) is 0 Å². The van der Waals surface area contributed by atoms with Crippen LogP contribution in [0.25, 0.3) is 0 Å². The molecule has 2 N–H and O–H groups in total. The van der Waals surface area contributed by atoms with Crippen molar-refractivity contribution in [1.29, 1.82) is 0 Å². The Hall–Kier alpha value is -3.32. The van der Waals surface area contributed by atoms with Gasteiger partial charge in [0.15, 0.2) is 0 Å². The Morgan fingerprint density at radius 2 is 1.65 bits per heavy atom. The summed E-state index contributed by atoms with van der Waals surface area (Å²) in [6.45, 7) is 5.85. The molecule has 0 fully saturated rings. The normalized spacial score (nSPS) is 12.1. The van der Waals surface area contributed by atoms with Crippen molar-refractivity contribution in [3.05, 3.63) is 89.5 Å².